The summed E-state index contributed by atoms with van der Waals surface area (Å²) in [6.45, 7) is 4.74. The van der Waals surface area contributed by atoms with Crippen LogP contribution in [0.3, 0.4) is 0 Å². The average Bonchev–Trinajstić information content (AvgIpc) is 3.17. The highest BCUT2D eigenvalue weighted by atomic mass is 32.2. The number of rotatable bonds is 4. The lowest BCUT2D eigenvalue weighted by Gasteiger charge is -2.32. The van der Waals surface area contributed by atoms with Gasteiger partial charge in [-0.25, -0.2) is 8.42 Å². The van der Waals surface area contributed by atoms with E-state index in [2.05, 4.69) is 0 Å². The summed E-state index contributed by atoms with van der Waals surface area (Å²) >= 11 is 0. The molecule has 2 heterocycles. The van der Waals surface area contributed by atoms with Crippen molar-refractivity contribution in [2.45, 2.75) is 24.7 Å². The molecule has 0 spiro atoms. The van der Waals surface area contributed by atoms with E-state index in [-0.39, 0.29) is 10.8 Å². The SMILES string of the molecule is Cc1ccc(C(=O)N2CCN(C=O)CC2)cc1S(=O)(=O)N1CCCC1. The molecule has 0 N–H and O–H groups in total. The lowest BCUT2D eigenvalue weighted by molar-refractivity contribution is -0.119. The summed E-state index contributed by atoms with van der Waals surface area (Å²) < 4.78 is 27.2. The Labute approximate surface area is 148 Å². The van der Waals surface area contributed by atoms with E-state index in [1.54, 1.807) is 28.9 Å². The van der Waals surface area contributed by atoms with Gasteiger partial charge in [0.05, 0.1) is 4.90 Å². The largest absolute Gasteiger partial charge is 0.342 e. The fourth-order valence-corrected chi connectivity index (χ4v) is 5.06. The fourth-order valence-electron chi connectivity index (χ4n) is 3.29. The van der Waals surface area contributed by atoms with Crippen LogP contribution in [-0.4, -0.2) is 74.1 Å². The number of amides is 2. The first-order chi connectivity index (χ1) is 11.9. The summed E-state index contributed by atoms with van der Waals surface area (Å²) in [4.78, 5) is 27.0. The molecule has 0 radical (unpaired) electrons. The normalized spacial score (nSPS) is 19.2. The predicted octanol–water partition coefficient (Wildman–Crippen LogP) is 0.694. The Kier molecular flexibility index (Phi) is 5.10. The van der Waals surface area contributed by atoms with Crippen molar-refractivity contribution >= 4 is 22.3 Å². The summed E-state index contributed by atoms with van der Waals surface area (Å²) in [5.41, 5.74) is 1.03. The highest BCUT2D eigenvalue weighted by molar-refractivity contribution is 7.89. The molecule has 8 heteroatoms. The third-order valence-electron chi connectivity index (χ3n) is 4.87. The van der Waals surface area contributed by atoms with Crippen LogP contribution in [0, 0.1) is 6.92 Å². The molecular formula is C17H23N3O4S. The van der Waals surface area contributed by atoms with Crippen LogP contribution in [0.15, 0.2) is 23.1 Å². The molecule has 7 nitrogen and oxygen atoms in total. The molecule has 25 heavy (non-hydrogen) atoms. The molecule has 0 unspecified atom stereocenters. The van der Waals surface area contributed by atoms with Gasteiger partial charge in [0.25, 0.3) is 5.91 Å². The molecule has 2 saturated heterocycles. The zero-order valence-electron chi connectivity index (χ0n) is 14.3. The predicted molar refractivity (Wildman–Crippen MR) is 92.7 cm³/mol. The monoisotopic (exact) mass is 365 g/mol. The molecule has 0 aliphatic carbocycles. The molecule has 2 aliphatic rings. The van der Waals surface area contributed by atoms with Gasteiger partial charge in [-0.15, -0.1) is 0 Å². The van der Waals surface area contributed by atoms with Crippen LogP contribution >= 0.6 is 0 Å². The van der Waals surface area contributed by atoms with Gasteiger partial charge in [0, 0.05) is 44.8 Å². The van der Waals surface area contributed by atoms with Gasteiger partial charge in [0.2, 0.25) is 16.4 Å². The van der Waals surface area contributed by atoms with Crippen molar-refractivity contribution < 1.29 is 18.0 Å². The molecule has 2 aliphatic heterocycles. The number of aryl methyl sites for hydroxylation is 1. The lowest BCUT2D eigenvalue weighted by Crippen LogP contribution is -2.48. The zero-order chi connectivity index (χ0) is 18.0. The Morgan fingerprint density at radius 2 is 1.68 bits per heavy atom. The van der Waals surface area contributed by atoms with Crippen LogP contribution in [0.5, 0.6) is 0 Å². The van der Waals surface area contributed by atoms with Gasteiger partial charge in [-0.3, -0.25) is 9.59 Å². The Hall–Kier alpha value is -1.93. The van der Waals surface area contributed by atoms with Crippen molar-refractivity contribution in [2.75, 3.05) is 39.3 Å². The number of carbonyl (C=O) groups is 2. The lowest BCUT2D eigenvalue weighted by atomic mass is 10.1. The number of hydrogen-bond donors (Lipinski definition) is 0. The van der Waals surface area contributed by atoms with Crippen LogP contribution < -0.4 is 0 Å². The average molecular weight is 365 g/mol. The number of piperazine rings is 1. The molecule has 2 amide bonds. The first kappa shape index (κ1) is 17.9. The zero-order valence-corrected chi connectivity index (χ0v) is 15.2. The molecule has 136 valence electrons. The Balaban J connectivity index is 1.84. The maximum Gasteiger partial charge on any atom is 0.254 e. The second-order valence-corrected chi connectivity index (χ2v) is 8.43. The number of nitrogens with zero attached hydrogens (tertiary/aromatic N) is 3. The molecule has 0 bridgehead atoms. The summed E-state index contributed by atoms with van der Waals surface area (Å²) in [5, 5.41) is 0. The summed E-state index contributed by atoms with van der Waals surface area (Å²) in [5.74, 6) is -0.191. The maximum absolute atomic E-state index is 12.8. The molecule has 0 saturated carbocycles. The van der Waals surface area contributed by atoms with Gasteiger partial charge >= 0.3 is 0 Å². The smallest absolute Gasteiger partial charge is 0.254 e. The van der Waals surface area contributed by atoms with E-state index in [1.807, 2.05) is 0 Å². The van der Waals surface area contributed by atoms with Crippen molar-refractivity contribution in [2.24, 2.45) is 0 Å². The summed E-state index contributed by atoms with van der Waals surface area (Å²) in [6.07, 6.45) is 2.53. The van der Waals surface area contributed by atoms with Crippen LogP contribution in [0.4, 0.5) is 0 Å². The van der Waals surface area contributed by atoms with E-state index < -0.39 is 10.0 Å². The van der Waals surface area contributed by atoms with Crippen LogP contribution in [0.1, 0.15) is 28.8 Å². The van der Waals surface area contributed by atoms with E-state index >= 15 is 0 Å². The first-order valence-corrected chi connectivity index (χ1v) is 9.97. The minimum Gasteiger partial charge on any atom is -0.342 e. The highest BCUT2D eigenvalue weighted by Gasteiger charge is 2.30. The molecule has 1 aromatic carbocycles. The minimum absolute atomic E-state index is 0.191. The molecule has 2 fully saturated rings. The number of hydrogen-bond acceptors (Lipinski definition) is 4. The highest BCUT2D eigenvalue weighted by Crippen LogP contribution is 2.25. The van der Waals surface area contributed by atoms with Crippen molar-refractivity contribution in [1.82, 2.24) is 14.1 Å². The van der Waals surface area contributed by atoms with E-state index in [4.69, 9.17) is 0 Å². The minimum atomic E-state index is -3.56. The molecule has 0 atom stereocenters. The topological polar surface area (TPSA) is 78.0 Å². The second kappa shape index (κ2) is 7.13. The van der Waals surface area contributed by atoms with Gasteiger partial charge in [-0.2, -0.15) is 4.31 Å². The van der Waals surface area contributed by atoms with Gasteiger partial charge in [0.1, 0.15) is 0 Å². The van der Waals surface area contributed by atoms with Crippen LogP contribution in [-0.2, 0) is 14.8 Å². The maximum atomic E-state index is 12.8. The van der Waals surface area contributed by atoms with Gasteiger partial charge in [-0.05, 0) is 37.5 Å². The summed E-state index contributed by atoms with van der Waals surface area (Å²) in [6, 6.07) is 4.86. The molecular weight excluding hydrogens is 342 g/mol. The van der Waals surface area contributed by atoms with Gasteiger partial charge < -0.3 is 9.80 Å². The summed E-state index contributed by atoms with van der Waals surface area (Å²) in [7, 11) is -3.56. The molecule has 0 aromatic heterocycles. The number of benzene rings is 1. The standard InChI is InChI=1S/C17H23N3O4S/c1-14-4-5-15(17(22)19-10-8-18(13-21)9-11-19)12-16(14)25(23,24)20-6-2-3-7-20/h4-5,12-13H,2-3,6-11H2,1H3. The Morgan fingerprint density at radius 3 is 2.28 bits per heavy atom. The second-order valence-electron chi connectivity index (χ2n) is 6.53. The molecule has 3 rings (SSSR count). The van der Waals surface area contributed by atoms with Crippen molar-refractivity contribution in [1.29, 1.82) is 0 Å². The Morgan fingerprint density at radius 1 is 1.04 bits per heavy atom. The van der Waals surface area contributed by atoms with Crippen molar-refractivity contribution in [3.63, 3.8) is 0 Å². The van der Waals surface area contributed by atoms with Gasteiger partial charge in [0.15, 0.2) is 0 Å². The quantitative estimate of drug-likeness (QED) is 0.736. The fraction of sp³-hybridized carbons (Fsp3) is 0.529. The van der Waals surface area contributed by atoms with Crippen molar-refractivity contribution in [3.05, 3.63) is 29.3 Å². The number of carbonyl (C=O) groups excluding carboxylic acids is 2. The third-order valence-corrected chi connectivity index (χ3v) is 6.91. The molecule has 1 aromatic rings. The van der Waals surface area contributed by atoms with E-state index in [9.17, 15) is 18.0 Å². The van der Waals surface area contributed by atoms with Gasteiger partial charge in [-0.1, -0.05) is 6.07 Å². The third kappa shape index (κ3) is 3.55. The van der Waals surface area contributed by atoms with E-state index in [0.717, 1.165) is 19.3 Å². The van der Waals surface area contributed by atoms with Crippen LogP contribution in [0.2, 0.25) is 0 Å². The van der Waals surface area contributed by atoms with Crippen LogP contribution in [0.25, 0.3) is 0 Å². The van der Waals surface area contributed by atoms with Crippen molar-refractivity contribution in [3.8, 4) is 0 Å². The van der Waals surface area contributed by atoms with E-state index in [1.165, 1.54) is 10.4 Å². The Bertz CT molecular complexity index is 764. The first-order valence-electron chi connectivity index (χ1n) is 8.53. The van der Waals surface area contributed by atoms with E-state index in [0.29, 0.717) is 50.4 Å². The number of sulfonamides is 1.